The van der Waals surface area contributed by atoms with Crippen LogP contribution in [-0.2, 0) is 4.79 Å². The lowest BCUT2D eigenvalue weighted by molar-refractivity contribution is -0.134. The first kappa shape index (κ1) is 13.8. The van der Waals surface area contributed by atoms with Crippen LogP contribution in [0.15, 0.2) is 0 Å². The van der Waals surface area contributed by atoms with E-state index >= 15 is 0 Å². The van der Waals surface area contributed by atoms with E-state index in [1.54, 1.807) is 0 Å². The third-order valence-corrected chi connectivity index (χ3v) is 3.97. The molecule has 1 amide bonds. The van der Waals surface area contributed by atoms with Gasteiger partial charge in [-0.05, 0) is 31.7 Å². The van der Waals surface area contributed by atoms with Crippen LogP contribution >= 0.6 is 12.4 Å². The molecule has 16 heavy (non-hydrogen) atoms. The quantitative estimate of drug-likeness (QED) is 0.819. The maximum absolute atomic E-state index is 12.1. The van der Waals surface area contributed by atoms with E-state index in [2.05, 4.69) is 10.2 Å². The van der Waals surface area contributed by atoms with Gasteiger partial charge in [0.1, 0.15) is 0 Å². The zero-order chi connectivity index (χ0) is 10.8. The van der Waals surface area contributed by atoms with Crippen molar-refractivity contribution in [2.24, 2.45) is 17.8 Å². The average molecular weight is 247 g/mol. The van der Waals surface area contributed by atoms with Gasteiger partial charge in [0.25, 0.3) is 0 Å². The molecule has 3 atom stereocenters. The van der Waals surface area contributed by atoms with Gasteiger partial charge in [-0.3, -0.25) is 4.79 Å². The number of hydrogen-bond donors (Lipinski definition) is 1. The summed E-state index contributed by atoms with van der Waals surface area (Å²) in [5.41, 5.74) is 0. The first-order chi connectivity index (χ1) is 7.22. The van der Waals surface area contributed by atoms with Crippen LogP contribution < -0.4 is 5.32 Å². The predicted molar refractivity (Wildman–Crippen MR) is 67.7 cm³/mol. The highest BCUT2D eigenvalue weighted by atomic mass is 35.5. The van der Waals surface area contributed by atoms with Gasteiger partial charge in [0.05, 0.1) is 0 Å². The monoisotopic (exact) mass is 246 g/mol. The minimum Gasteiger partial charge on any atom is -0.342 e. The molecule has 0 radical (unpaired) electrons. The van der Waals surface area contributed by atoms with Crippen LogP contribution in [0, 0.1) is 17.8 Å². The smallest absolute Gasteiger partial charge is 0.226 e. The van der Waals surface area contributed by atoms with Gasteiger partial charge in [-0.25, -0.2) is 0 Å². The molecule has 1 aliphatic carbocycles. The molecule has 1 aliphatic heterocycles. The molecule has 2 rings (SSSR count). The standard InChI is InChI=1S/C12H22N2O.ClH/c1-9(6-13-2)12(15)14-7-10-4-3-5-11(10)8-14;/h9-11,13H,3-8H2,1-2H3;1H. The first-order valence-electron chi connectivity index (χ1n) is 6.15. The highest BCUT2D eigenvalue weighted by molar-refractivity contribution is 5.85. The molecular formula is C12H23ClN2O. The average Bonchev–Trinajstić information content (AvgIpc) is 2.75. The second-order valence-electron chi connectivity index (χ2n) is 5.15. The highest BCUT2D eigenvalue weighted by Gasteiger charge is 2.38. The molecule has 0 spiro atoms. The van der Waals surface area contributed by atoms with Crippen molar-refractivity contribution in [3.63, 3.8) is 0 Å². The molecule has 0 bridgehead atoms. The third-order valence-electron chi connectivity index (χ3n) is 3.97. The third kappa shape index (κ3) is 2.69. The van der Waals surface area contributed by atoms with Crippen molar-refractivity contribution >= 4 is 18.3 Å². The van der Waals surface area contributed by atoms with Crippen molar-refractivity contribution in [1.29, 1.82) is 0 Å². The van der Waals surface area contributed by atoms with E-state index < -0.39 is 0 Å². The summed E-state index contributed by atoms with van der Waals surface area (Å²) >= 11 is 0. The molecule has 3 unspecified atom stereocenters. The van der Waals surface area contributed by atoms with E-state index in [0.717, 1.165) is 31.5 Å². The lowest BCUT2D eigenvalue weighted by atomic mass is 10.0. The van der Waals surface area contributed by atoms with Crippen molar-refractivity contribution in [2.75, 3.05) is 26.7 Å². The zero-order valence-corrected chi connectivity index (χ0v) is 11.1. The summed E-state index contributed by atoms with van der Waals surface area (Å²) in [7, 11) is 1.91. The predicted octanol–water partition coefficient (Wildman–Crippen LogP) is 1.52. The Morgan fingerprint density at radius 3 is 2.44 bits per heavy atom. The van der Waals surface area contributed by atoms with Crippen molar-refractivity contribution in [2.45, 2.75) is 26.2 Å². The lowest BCUT2D eigenvalue weighted by Gasteiger charge is -2.21. The molecule has 1 N–H and O–H groups in total. The summed E-state index contributed by atoms with van der Waals surface area (Å²) in [5, 5.41) is 3.07. The summed E-state index contributed by atoms with van der Waals surface area (Å²) in [5.74, 6) is 2.11. The second kappa shape index (κ2) is 5.87. The molecule has 2 fully saturated rings. The fraction of sp³-hybridized carbons (Fsp3) is 0.917. The van der Waals surface area contributed by atoms with E-state index in [1.807, 2.05) is 14.0 Å². The Labute approximate surface area is 104 Å². The molecule has 1 saturated carbocycles. The second-order valence-corrected chi connectivity index (χ2v) is 5.15. The Morgan fingerprint density at radius 1 is 1.38 bits per heavy atom. The van der Waals surface area contributed by atoms with Gasteiger partial charge < -0.3 is 10.2 Å². The van der Waals surface area contributed by atoms with E-state index in [0.29, 0.717) is 5.91 Å². The Morgan fingerprint density at radius 2 is 1.94 bits per heavy atom. The number of halogens is 1. The van der Waals surface area contributed by atoms with Crippen LogP contribution in [0.2, 0.25) is 0 Å². The maximum atomic E-state index is 12.1. The van der Waals surface area contributed by atoms with Gasteiger partial charge in [0, 0.05) is 25.6 Å². The first-order valence-corrected chi connectivity index (χ1v) is 6.15. The highest BCUT2D eigenvalue weighted by Crippen LogP contribution is 2.37. The summed E-state index contributed by atoms with van der Waals surface area (Å²) in [6, 6.07) is 0. The van der Waals surface area contributed by atoms with Crippen LogP contribution in [0.1, 0.15) is 26.2 Å². The van der Waals surface area contributed by atoms with Gasteiger partial charge in [-0.15, -0.1) is 12.4 Å². The molecule has 4 heteroatoms. The normalized spacial score (nSPS) is 29.8. The van der Waals surface area contributed by atoms with Gasteiger partial charge >= 0.3 is 0 Å². The molecule has 0 aromatic carbocycles. The lowest BCUT2D eigenvalue weighted by Crippen LogP contribution is -2.37. The minimum absolute atomic E-state index is 0. The molecule has 1 saturated heterocycles. The van der Waals surface area contributed by atoms with Crippen LogP contribution in [0.25, 0.3) is 0 Å². The number of rotatable bonds is 3. The zero-order valence-electron chi connectivity index (χ0n) is 10.2. The molecule has 94 valence electrons. The van der Waals surface area contributed by atoms with E-state index in [-0.39, 0.29) is 18.3 Å². The molecule has 0 aromatic heterocycles. The van der Waals surface area contributed by atoms with E-state index in [1.165, 1.54) is 19.3 Å². The number of likely N-dealkylation sites (tertiary alicyclic amines) is 1. The fourth-order valence-electron chi connectivity index (χ4n) is 3.12. The van der Waals surface area contributed by atoms with E-state index in [4.69, 9.17) is 0 Å². The number of amides is 1. The van der Waals surface area contributed by atoms with Crippen molar-refractivity contribution < 1.29 is 4.79 Å². The maximum Gasteiger partial charge on any atom is 0.226 e. The molecule has 2 aliphatic rings. The van der Waals surface area contributed by atoms with Crippen LogP contribution in [-0.4, -0.2) is 37.5 Å². The van der Waals surface area contributed by atoms with Gasteiger partial charge in [-0.1, -0.05) is 13.3 Å². The number of carbonyl (C=O) groups excluding carboxylic acids is 1. The SMILES string of the molecule is CNCC(C)C(=O)N1CC2CCCC2C1.Cl. The van der Waals surface area contributed by atoms with Gasteiger partial charge in [0.15, 0.2) is 0 Å². The Kier molecular flexibility index (Phi) is 5.06. The number of nitrogens with one attached hydrogen (secondary N) is 1. The molecule has 1 heterocycles. The van der Waals surface area contributed by atoms with Crippen molar-refractivity contribution in [3.8, 4) is 0 Å². The summed E-state index contributed by atoms with van der Waals surface area (Å²) in [6.07, 6.45) is 4.06. The van der Waals surface area contributed by atoms with E-state index in [9.17, 15) is 4.79 Å². The van der Waals surface area contributed by atoms with Crippen LogP contribution in [0.4, 0.5) is 0 Å². The van der Waals surface area contributed by atoms with Crippen molar-refractivity contribution in [1.82, 2.24) is 10.2 Å². The largest absolute Gasteiger partial charge is 0.342 e. The minimum atomic E-state index is 0. The van der Waals surface area contributed by atoms with Gasteiger partial charge in [-0.2, -0.15) is 0 Å². The topological polar surface area (TPSA) is 32.3 Å². The fourth-order valence-corrected chi connectivity index (χ4v) is 3.12. The summed E-state index contributed by atoms with van der Waals surface area (Å²) in [6.45, 7) is 4.87. The number of hydrogen-bond acceptors (Lipinski definition) is 2. The summed E-state index contributed by atoms with van der Waals surface area (Å²) < 4.78 is 0. The number of fused-ring (bicyclic) bond motifs is 1. The summed E-state index contributed by atoms with van der Waals surface area (Å²) in [4.78, 5) is 14.1. The Hall–Kier alpha value is -0.280. The molecular weight excluding hydrogens is 224 g/mol. The number of nitrogens with zero attached hydrogens (tertiary/aromatic N) is 1. The Balaban J connectivity index is 0.00000128. The van der Waals surface area contributed by atoms with Crippen molar-refractivity contribution in [3.05, 3.63) is 0 Å². The van der Waals surface area contributed by atoms with Gasteiger partial charge in [0.2, 0.25) is 5.91 Å². The number of carbonyl (C=O) groups is 1. The van der Waals surface area contributed by atoms with Crippen LogP contribution in [0.3, 0.4) is 0 Å². The Bertz CT molecular complexity index is 235. The molecule has 0 aromatic rings. The van der Waals surface area contributed by atoms with Crippen LogP contribution in [0.5, 0.6) is 0 Å². The molecule has 3 nitrogen and oxygen atoms in total.